The number of nitrogens with zero attached hydrogens (tertiary/aromatic N) is 1. The van der Waals surface area contributed by atoms with Gasteiger partial charge >= 0.3 is 0 Å². The molecule has 0 aromatic heterocycles. The molecule has 2 saturated carbocycles. The predicted molar refractivity (Wildman–Crippen MR) is 71.9 cm³/mol. The SMILES string of the molecule is CC(C)CC1NC(C)C(=O)N1C1CC2CCC1C2. The fraction of sp³-hybridized carbons (Fsp3) is 0.933. The van der Waals surface area contributed by atoms with Crippen LogP contribution >= 0.6 is 0 Å². The highest BCUT2D eigenvalue weighted by atomic mass is 16.2. The van der Waals surface area contributed by atoms with Gasteiger partial charge in [-0.2, -0.15) is 0 Å². The fourth-order valence-electron chi connectivity index (χ4n) is 4.39. The molecule has 1 N–H and O–H groups in total. The average Bonchev–Trinajstić information content (AvgIpc) is 2.95. The third-order valence-electron chi connectivity index (χ3n) is 5.16. The molecule has 3 aliphatic rings. The van der Waals surface area contributed by atoms with Crippen LogP contribution < -0.4 is 5.32 Å². The van der Waals surface area contributed by atoms with Gasteiger partial charge in [0.25, 0.3) is 0 Å². The summed E-state index contributed by atoms with van der Waals surface area (Å²) in [6.45, 7) is 6.51. The van der Waals surface area contributed by atoms with Crippen LogP contribution in [-0.4, -0.2) is 29.1 Å². The molecule has 1 amide bonds. The van der Waals surface area contributed by atoms with Crippen LogP contribution in [0.25, 0.3) is 0 Å². The van der Waals surface area contributed by atoms with Crippen molar-refractivity contribution in [2.24, 2.45) is 17.8 Å². The van der Waals surface area contributed by atoms with Crippen molar-refractivity contribution in [3.8, 4) is 0 Å². The Kier molecular flexibility index (Phi) is 3.13. The lowest BCUT2D eigenvalue weighted by atomic mass is 9.93. The lowest BCUT2D eigenvalue weighted by Gasteiger charge is -2.36. The smallest absolute Gasteiger partial charge is 0.240 e. The van der Waals surface area contributed by atoms with Gasteiger partial charge in [0.15, 0.2) is 0 Å². The molecule has 0 aromatic rings. The van der Waals surface area contributed by atoms with E-state index in [0.717, 1.165) is 18.3 Å². The zero-order chi connectivity index (χ0) is 12.9. The topological polar surface area (TPSA) is 32.3 Å². The minimum absolute atomic E-state index is 0.0212. The van der Waals surface area contributed by atoms with Gasteiger partial charge in [-0.25, -0.2) is 0 Å². The number of rotatable bonds is 3. The van der Waals surface area contributed by atoms with Gasteiger partial charge in [0.1, 0.15) is 0 Å². The molecule has 5 atom stereocenters. The molecule has 102 valence electrons. The van der Waals surface area contributed by atoms with Crippen molar-refractivity contribution in [2.45, 2.75) is 71.1 Å². The molecule has 1 heterocycles. The fourth-order valence-corrected chi connectivity index (χ4v) is 4.39. The highest BCUT2D eigenvalue weighted by molar-refractivity contribution is 5.84. The molecule has 0 radical (unpaired) electrons. The second kappa shape index (κ2) is 4.52. The van der Waals surface area contributed by atoms with Gasteiger partial charge in [-0.15, -0.1) is 0 Å². The normalized spacial score (nSPS) is 43.4. The maximum Gasteiger partial charge on any atom is 0.240 e. The minimum Gasteiger partial charge on any atom is -0.323 e. The predicted octanol–water partition coefficient (Wildman–Crippen LogP) is 2.37. The van der Waals surface area contributed by atoms with Gasteiger partial charge in [0.05, 0.1) is 12.2 Å². The molecule has 3 heteroatoms. The number of nitrogens with one attached hydrogen (secondary N) is 1. The molecule has 2 bridgehead atoms. The van der Waals surface area contributed by atoms with Crippen LogP contribution in [0.3, 0.4) is 0 Å². The highest BCUT2D eigenvalue weighted by Crippen LogP contribution is 2.47. The van der Waals surface area contributed by atoms with E-state index in [9.17, 15) is 4.79 Å². The first-order chi connectivity index (χ1) is 8.56. The molecular weight excluding hydrogens is 224 g/mol. The zero-order valence-corrected chi connectivity index (χ0v) is 11.9. The summed E-state index contributed by atoms with van der Waals surface area (Å²) in [5.74, 6) is 2.68. The van der Waals surface area contributed by atoms with Crippen molar-refractivity contribution < 1.29 is 4.79 Å². The standard InChI is InChI=1S/C15H26N2O/c1-9(2)6-14-16-10(3)15(18)17(14)13-8-11-4-5-12(13)7-11/h9-14,16H,4-8H2,1-3H3. The van der Waals surface area contributed by atoms with Crippen molar-refractivity contribution >= 4 is 5.91 Å². The van der Waals surface area contributed by atoms with E-state index in [4.69, 9.17) is 0 Å². The van der Waals surface area contributed by atoms with Crippen LogP contribution in [-0.2, 0) is 4.79 Å². The van der Waals surface area contributed by atoms with Gasteiger partial charge in [-0.1, -0.05) is 20.3 Å². The Balaban J connectivity index is 1.76. The van der Waals surface area contributed by atoms with Crippen LogP contribution in [0, 0.1) is 17.8 Å². The van der Waals surface area contributed by atoms with E-state index in [1.807, 2.05) is 6.92 Å². The zero-order valence-electron chi connectivity index (χ0n) is 11.9. The van der Waals surface area contributed by atoms with Crippen molar-refractivity contribution in [1.29, 1.82) is 0 Å². The molecule has 2 aliphatic carbocycles. The Bertz CT molecular complexity index is 341. The molecule has 1 saturated heterocycles. The molecule has 0 aromatic carbocycles. The molecule has 3 rings (SSSR count). The molecule has 3 fully saturated rings. The summed E-state index contributed by atoms with van der Waals surface area (Å²) in [5.41, 5.74) is 0. The largest absolute Gasteiger partial charge is 0.323 e. The Morgan fingerprint density at radius 3 is 2.67 bits per heavy atom. The maximum absolute atomic E-state index is 12.4. The Labute approximate surface area is 110 Å². The van der Waals surface area contributed by atoms with E-state index in [2.05, 4.69) is 24.1 Å². The third kappa shape index (κ3) is 1.97. The van der Waals surface area contributed by atoms with Gasteiger partial charge in [0.2, 0.25) is 5.91 Å². The lowest BCUT2D eigenvalue weighted by molar-refractivity contribution is -0.133. The van der Waals surface area contributed by atoms with E-state index in [1.54, 1.807) is 0 Å². The Morgan fingerprint density at radius 1 is 1.33 bits per heavy atom. The quantitative estimate of drug-likeness (QED) is 0.834. The number of amides is 1. The van der Waals surface area contributed by atoms with E-state index >= 15 is 0 Å². The first-order valence-corrected chi connectivity index (χ1v) is 7.64. The van der Waals surface area contributed by atoms with Gasteiger partial charge in [0, 0.05) is 6.04 Å². The monoisotopic (exact) mass is 250 g/mol. The molecule has 0 spiro atoms. The van der Waals surface area contributed by atoms with Crippen LogP contribution in [0.4, 0.5) is 0 Å². The van der Waals surface area contributed by atoms with E-state index in [0.29, 0.717) is 17.9 Å². The average molecular weight is 250 g/mol. The molecule has 18 heavy (non-hydrogen) atoms. The molecule has 5 unspecified atom stereocenters. The summed E-state index contributed by atoms with van der Waals surface area (Å²) in [5, 5.41) is 3.50. The minimum atomic E-state index is 0.0212. The second-order valence-electron chi connectivity index (χ2n) is 7.02. The number of hydrogen-bond acceptors (Lipinski definition) is 2. The number of fused-ring (bicyclic) bond motifs is 2. The first-order valence-electron chi connectivity index (χ1n) is 7.64. The molecular formula is C15H26N2O. The summed E-state index contributed by atoms with van der Waals surface area (Å²) >= 11 is 0. The van der Waals surface area contributed by atoms with Crippen molar-refractivity contribution in [1.82, 2.24) is 10.2 Å². The van der Waals surface area contributed by atoms with Crippen LogP contribution in [0.2, 0.25) is 0 Å². The summed E-state index contributed by atoms with van der Waals surface area (Å²) in [6.07, 6.45) is 6.76. The molecule has 1 aliphatic heterocycles. The molecule has 3 nitrogen and oxygen atoms in total. The maximum atomic E-state index is 12.4. The van der Waals surface area contributed by atoms with Crippen molar-refractivity contribution in [2.75, 3.05) is 0 Å². The summed E-state index contributed by atoms with van der Waals surface area (Å²) in [7, 11) is 0. The Morgan fingerprint density at radius 2 is 2.11 bits per heavy atom. The van der Waals surface area contributed by atoms with E-state index in [-0.39, 0.29) is 12.2 Å². The van der Waals surface area contributed by atoms with E-state index < -0.39 is 0 Å². The lowest BCUT2D eigenvalue weighted by Crippen LogP contribution is -2.47. The number of carbonyl (C=O) groups is 1. The number of carbonyl (C=O) groups excluding carboxylic acids is 1. The summed E-state index contributed by atoms with van der Waals surface area (Å²) in [6, 6.07) is 0.560. The van der Waals surface area contributed by atoms with Crippen LogP contribution in [0.15, 0.2) is 0 Å². The highest BCUT2D eigenvalue weighted by Gasteiger charge is 2.49. The summed E-state index contributed by atoms with van der Waals surface area (Å²) < 4.78 is 0. The van der Waals surface area contributed by atoms with Crippen molar-refractivity contribution in [3.05, 3.63) is 0 Å². The van der Waals surface area contributed by atoms with Gasteiger partial charge < -0.3 is 4.90 Å². The first kappa shape index (κ1) is 12.5. The van der Waals surface area contributed by atoms with Crippen molar-refractivity contribution in [3.63, 3.8) is 0 Å². The van der Waals surface area contributed by atoms with E-state index in [1.165, 1.54) is 25.7 Å². The third-order valence-corrected chi connectivity index (χ3v) is 5.16. The van der Waals surface area contributed by atoms with Crippen LogP contribution in [0.1, 0.15) is 52.9 Å². The van der Waals surface area contributed by atoms with Crippen LogP contribution in [0.5, 0.6) is 0 Å². The second-order valence-corrected chi connectivity index (χ2v) is 7.02. The van der Waals surface area contributed by atoms with Gasteiger partial charge in [-0.05, 0) is 50.4 Å². The van der Waals surface area contributed by atoms with Gasteiger partial charge in [-0.3, -0.25) is 10.1 Å². The summed E-state index contributed by atoms with van der Waals surface area (Å²) in [4.78, 5) is 14.7. The number of hydrogen-bond donors (Lipinski definition) is 1. The Hall–Kier alpha value is -0.570.